The molecule has 2 heterocycles. The van der Waals surface area contributed by atoms with Gasteiger partial charge in [-0.25, -0.2) is 0 Å². The molecule has 5 heteroatoms. The third-order valence-corrected chi connectivity index (χ3v) is 6.99. The molecule has 1 aliphatic carbocycles. The van der Waals surface area contributed by atoms with Crippen molar-refractivity contribution in [2.75, 3.05) is 14.1 Å². The number of nitrogens with one attached hydrogen (secondary N) is 1. The van der Waals surface area contributed by atoms with E-state index in [0.717, 1.165) is 12.8 Å². The molecule has 6 atom stereocenters. The maximum Gasteiger partial charge on any atom is 0.267 e. The Bertz CT molecular complexity index is 549. The zero-order valence-electron chi connectivity index (χ0n) is 15.9. The SMILES string of the molecule is CNC(=O)[C@]12O[C@](C)(C[C@H]1[C@@H]1C[C@H](C)CC[C@H]1C(C)C)N(C)C2=O. The van der Waals surface area contributed by atoms with Crippen molar-refractivity contribution in [3.8, 4) is 0 Å². The second kappa shape index (κ2) is 5.72. The lowest BCUT2D eigenvalue weighted by Gasteiger charge is -2.46. The van der Waals surface area contributed by atoms with Crippen molar-refractivity contribution in [1.82, 2.24) is 10.2 Å². The van der Waals surface area contributed by atoms with Crippen LogP contribution in [0.3, 0.4) is 0 Å². The van der Waals surface area contributed by atoms with E-state index in [-0.39, 0.29) is 17.7 Å². The van der Waals surface area contributed by atoms with Crippen LogP contribution in [0.15, 0.2) is 0 Å². The molecule has 1 N–H and O–H groups in total. The predicted octanol–water partition coefficient (Wildman–Crippen LogP) is 2.40. The van der Waals surface area contributed by atoms with Gasteiger partial charge < -0.3 is 15.0 Å². The maximum absolute atomic E-state index is 13.0. The molecule has 0 aromatic rings. The molecule has 136 valence electrons. The molecule has 0 aromatic heterocycles. The van der Waals surface area contributed by atoms with Gasteiger partial charge in [0.2, 0.25) is 5.60 Å². The minimum atomic E-state index is -1.33. The number of rotatable bonds is 3. The van der Waals surface area contributed by atoms with Crippen LogP contribution in [0.5, 0.6) is 0 Å². The summed E-state index contributed by atoms with van der Waals surface area (Å²) in [5.41, 5.74) is -1.98. The number of likely N-dealkylation sites (N-methyl/N-ethyl adjacent to an activating group) is 2. The van der Waals surface area contributed by atoms with E-state index in [4.69, 9.17) is 4.74 Å². The van der Waals surface area contributed by atoms with E-state index in [1.54, 1.807) is 19.0 Å². The Labute approximate surface area is 145 Å². The average molecular weight is 336 g/mol. The Morgan fingerprint density at radius 1 is 1.38 bits per heavy atom. The minimum Gasteiger partial charge on any atom is -0.356 e. The first kappa shape index (κ1) is 17.7. The van der Waals surface area contributed by atoms with Crippen molar-refractivity contribution >= 4 is 11.8 Å². The van der Waals surface area contributed by atoms with Gasteiger partial charge in [-0.1, -0.05) is 27.2 Å². The molecule has 3 fully saturated rings. The van der Waals surface area contributed by atoms with Gasteiger partial charge in [-0.15, -0.1) is 0 Å². The van der Waals surface area contributed by atoms with Crippen LogP contribution in [0, 0.1) is 29.6 Å². The summed E-state index contributed by atoms with van der Waals surface area (Å²) in [5, 5.41) is 2.71. The van der Waals surface area contributed by atoms with Gasteiger partial charge >= 0.3 is 0 Å². The van der Waals surface area contributed by atoms with Crippen LogP contribution in [0.1, 0.15) is 53.4 Å². The summed E-state index contributed by atoms with van der Waals surface area (Å²) in [6.07, 6.45) is 4.27. The molecule has 3 rings (SSSR count). The number of carbonyl (C=O) groups is 2. The second-order valence-electron chi connectivity index (χ2n) is 8.76. The van der Waals surface area contributed by atoms with Gasteiger partial charge in [-0.2, -0.15) is 0 Å². The van der Waals surface area contributed by atoms with E-state index < -0.39 is 11.3 Å². The highest BCUT2D eigenvalue weighted by Crippen LogP contribution is 2.58. The molecule has 0 unspecified atom stereocenters. The first-order valence-corrected chi connectivity index (χ1v) is 9.38. The lowest BCUT2D eigenvalue weighted by atomic mass is 9.60. The summed E-state index contributed by atoms with van der Waals surface area (Å²) < 4.78 is 6.22. The Morgan fingerprint density at radius 3 is 2.58 bits per heavy atom. The minimum absolute atomic E-state index is 0.0266. The van der Waals surface area contributed by atoms with Crippen molar-refractivity contribution in [3.05, 3.63) is 0 Å². The number of hydrogen-bond acceptors (Lipinski definition) is 3. The Morgan fingerprint density at radius 2 is 2.04 bits per heavy atom. The summed E-state index contributed by atoms with van der Waals surface area (Å²) >= 11 is 0. The quantitative estimate of drug-likeness (QED) is 0.805. The molecule has 2 aliphatic heterocycles. The van der Waals surface area contributed by atoms with E-state index in [0.29, 0.717) is 23.7 Å². The highest BCUT2D eigenvalue weighted by molar-refractivity contribution is 6.11. The van der Waals surface area contributed by atoms with Crippen LogP contribution < -0.4 is 5.32 Å². The zero-order chi connectivity index (χ0) is 17.9. The molecule has 0 aromatic carbocycles. The first-order chi connectivity index (χ1) is 11.2. The molecule has 0 radical (unpaired) electrons. The fourth-order valence-electron chi connectivity index (χ4n) is 5.58. The molecular formula is C19H32N2O3. The van der Waals surface area contributed by atoms with Gasteiger partial charge in [-0.05, 0) is 43.4 Å². The van der Waals surface area contributed by atoms with Crippen LogP contribution >= 0.6 is 0 Å². The number of nitrogens with zero attached hydrogens (tertiary/aromatic N) is 1. The number of likely N-dealkylation sites (tertiary alicyclic amines) is 1. The predicted molar refractivity (Wildman–Crippen MR) is 92.0 cm³/mol. The number of carbonyl (C=O) groups excluding carboxylic acids is 2. The molecule has 1 saturated carbocycles. The fraction of sp³-hybridized carbons (Fsp3) is 0.895. The van der Waals surface area contributed by atoms with E-state index in [1.165, 1.54) is 12.8 Å². The fourth-order valence-corrected chi connectivity index (χ4v) is 5.58. The third kappa shape index (κ3) is 2.23. The van der Waals surface area contributed by atoms with E-state index in [2.05, 4.69) is 26.1 Å². The highest BCUT2D eigenvalue weighted by atomic mass is 16.6. The Hall–Kier alpha value is -1.10. The monoisotopic (exact) mass is 336 g/mol. The lowest BCUT2D eigenvalue weighted by Crippen LogP contribution is -2.61. The van der Waals surface area contributed by atoms with Crippen molar-refractivity contribution in [3.63, 3.8) is 0 Å². The van der Waals surface area contributed by atoms with Gasteiger partial charge in [0.15, 0.2) is 0 Å². The van der Waals surface area contributed by atoms with Crippen LogP contribution in [0.4, 0.5) is 0 Å². The Kier molecular flexibility index (Phi) is 4.22. The van der Waals surface area contributed by atoms with Gasteiger partial charge in [0.1, 0.15) is 5.72 Å². The van der Waals surface area contributed by atoms with Crippen molar-refractivity contribution in [2.45, 2.75) is 64.7 Å². The number of ether oxygens (including phenoxy) is 1. The number of fused-ring (bicyclic) bond motifs is 2. The normalized spacial score (nSPS) is 45.1. The third-order valence-electron chi connectivity index (χ3n) is 6.99. The van der Waals surface area contributed by atoms with Crippen molar-refractivity contribution < 1.29 is 14.3 Å². The summed E-state index contributed by atoms with van der Waals surface area (Å²) in [4.78, 5) is 27.5. The zero-order valence-corrected chi connectivity index (χ0v) is 15.9. The molecule has 3 aliphatic rings. The summed E-state index contributed by atoms with van der Waals surface area (Å²) in [5.74, 6) is 1.66. The number of hydrogen-bond donors (Lipinski definition) is 1. The smallest absolute Gasteiger partial charge is 0.267 e. The van der Waals surface area contributed by atoms with Crippen LogP contribution in [0.25, 0.3) is 0 Å². The van der Waals surface area contributed by atoms with Gasteiger partial charge in [0.25, 0.3) is 11.8 Å². The number of amides is 2. The molecule has 2 saturated heterocycles. The topological polar surface area (TPSA) is 58.6 Å². The Balaban J connectivity index is 2.03. The van der Waals surface area contributed by atoms with E-state index in [1.807, 2.05) is 6.92 Å². The summed E-state index contributed by atoms with van der Waals surface area (Å²) in [6, 6.07) is 0. The van der Waals surface area contributed by atoms with Gasteiger partial charge in [0.05, 0.1) is 0 Å². The van der Waals surface area contributed by atoms with Gasteiger partial charge in [0, 0.05) is 26.4 Å². The highest BCUT2D eigenvalue weighted by Gasteiger charge is 2.73. The average Bonchev–Trinajstić information content (AvgIpc) is 2.96. The maximum atomic E-state index is 13.0. The molecule has 2 amide bonds. The summed E-state index contributed by atoms with van der Waals surface area (Å²) in [7, 11) is 3.36. The molecule has 2 bridgehead atoms. The molecule has 0 spiro atoms. The van der Waals surface area contributed by atoms with E-state index >= 15 is 0 Å². The van der Waals surface area contributed by atoms with Crippen LogP contribution in [0.2, 0.25) is 0 Å². The number of piperidine rings is 1. The van der Waals surface area contributed by atoms with E-state index in [9.17, 15) is 9.59 Å². The molecule has 5 nitrogen and oxygen atoms in total. The van der Waals surface area contributed by atoms with Crippen molar-refractivity contribution in [2.24, 2.45) is 29.6 Å². The first-order valence-electron chi connectivity index (χ1n) is 9.38. The largest absolute Gasteiger partial charge is 0.356 e. The molecule has 24 heavy (non-hydrogen) atoms. The van der Waals surface area contributed by atoms with Crippen LogP contribution in [-0.2, 0) is 14.3 Å². The molecular weight excluding hydrogens is 304 g/mol. The lowest BCUT2D eigenvalue weighted by molar-refractivity contribution is -0.157. The second-order valence-corrected chi connectivity index (χ2v) is 8.76. The van der Waals surface area contributed by atoms with Gasteiger partial charge in [-0.3, -0.25) is 9.59 Å². The standard InChI is InChI=1S/C19H32N2O3/c1-11(2)13-8-7-12(3)9-14(13)15-10-18(4)21(6)17(23)19(15,24-18)16(22)20-5/h11-15H,7-10H2,1-6H3,(H,20,22)/t12-,13+,14-,15+,18-,19-/m1/s1. The summed E-state index contributed by atoms with van der Waals surface area (Å²) in [6.45, 7) is 8.78. The van der Waals surface area contributed by atoms with Crippen molar-refractivity contribution in [1.29, 1.82) is 0 Å². The van der Waals surface area contributed by atoms with Crippen LogP contribution in [-0.4, -0.2) is 42.1 Å².